The van der Waals surface area contributed by atoms with Crippen molar-refractivity contribution in [2.24, 2.45) is 0 Å². The van der Waals surface area contributed by atoms with Crippen LogP contribution in [0.2, 0.25) is 0 Å². The van der Waals surface area contributed by atoms with Gasteiger partial charge in [0.1, 0.15) is 0 Å². The van der Waals surface area contributed by atoms with Crippen molar-refractivity contribution in [1.29, 1.82) is 0 Å². The summed E-state index contributed by atoms with van der Waals surface area (Å²) in [5.41, 5.74) is 0.526. The number of carbonyl (C=O) groups excluding carboxylic acids is 1. The number of carbonyl (C=O) groups is 1. The first-order chi connectivity index (χ1) is 5.77. The Kier molecular flexibility index (Phi) is 2.66. The maximum Gasteiger partial charge on any atom is 0.251 e. The number of amides is 1. The highest BCUT2D eigenvalue weighted by atomic mass is 17.1. The molecule has 12 heavy (non-hydrogen) atoms. The molecule has 0 heterocycles. The van der Waals surface area contributed by atoms with Gasteiger partial charge < -0.3 is 10.2 Å². The first-order valence-corrected chi connectivity index (χ1v) is 3.41. The topological polar surface area (TPSA) is 58.6 Å². The molecule has 0 fully saturated rings. The molecule has 1 aromatic rings. The SMILES string of the molecule is CNC(=O)c1ccc(OO)cc1. The molecule has 4 heteroatoms. The third-order valence-electron chi connectivity index (χ3n) is 1.45. The molecule has 0 unspecified atom stereocenters. The Morgan fingerprint density at radius 1 is 1.42 bits per heavy atom. The molecule has 0 aliphatic heterocycles. The Morgan fingerprint density at radius 3 is 2.42 bits per heavy atom. The highest BCUT2D eigenvalue weighted by Gasteiger charge is 2.01. The first kappa shape index (κ1) is 8.55. The molecule has 0 aromatic heterocycles. The van der Waals surface area contributed by atoms with Gasteiger partial charge >= 0.3 is 0 Å². The van der Waals surface area contributed by atoms with Crippen molar-refractivity contribution >= 4 is 5.91 Å². The predicted octanol–water partition coefficient (Wildman–Crippen LogP) is 0.898. The average Bonchev–Trinajstić information content (AvgIpc) is 2.17. The lowest BCUT2D eigenvalue weighted by Crippen LogP contribution is -2.17. The Bertz CT molecular complexity index is 268. The highest BCUT2D eigenvalue weighted by molar-refractivity contribution is 5.94. The Balaban J connectivity index is 2.84. The lowest BCUT2D eigenvalue weighted by atomic mass is 10.2. The molecule has 0 radical (unpaired) electrons. The van der Waals surface area contributed by atoms with Gasteiger partial charge in [-0.15, -0.1) is 0 Å². The van der Waals surface area contributed by atoms with Gasteiger partial charge in [-0.05, 0) is 24.3 Å². The van der Waals surface area contributed by atoms with Crippen LogP contribution in [0.3, 0.4) is 0 Å². The van der Waals surface area contributed by atoms with Crippen LogP contribution in [-0.2, 0) is 0 Å². The summed E-state index contributed by atoms with van der Waals surface area (Å²) in [4.78, 5) is 14.9. The predicted molar refractivity (Wildman–Crippen MR) is 43.1 cm³/mol. The second-order valence-corrected chi connectivity index (χ2v) is 2.19. The molecule has 0 saturated carbocycles. The molecular weight excluding hydrogens is 158 g/mol. The average molecular weight is 167 g/mol. The number of nitrogens with one attached hydrogen (secondary N) is 1. The molecule has 0 atom stereocenters. The minimum Gasteiger partial charge on any atom is -0.355 e. The van der Waals surface area contributed by atoms with Gasteiger partial charge in [0.15, 0.2) is 5.75 Å². The summed E-state index contributed by atoms with van der Waals surface area (Å²) in [6.07, 6.45) is 0. The van der Waals surface area contributed by atoms with Gasteiger partial charge in [0.2, 0.25) is 0 Å². The van der Waals surface area contributed by atoms with Crippen LogP contribution >= 0.6 is 0 Å². The van der Waals surface area contributed by atoms with Crippen molar-refractivity contribution in [3.05, 3.63) is 29.8 Å². The number of rotatable bonds is 2. The Hall–Kier alpha value is -1.55. The van der Waals surface area contributed by atoms with E-state index >= 15 is 0 Å². The fraction of sp³-hybridized carbons (Fsp3) is 0.125. The minimum atomic E-state index is -0.167. The van der Waals surface area contributed by atoms with Crippen molar-refractivity contribution in [1.82, 2.24) is 5.32 Å². The third kappa shape index (κ3) is 1.73. The molecule has 0 aliphatic rings. The maximum absolute atomic E-state index is 11.0. The van der Waals surface area contributed by atoms with E-state index in [9.17, 15) is 4.79 Å². The zero-order valence-electron chi connectivity index (χ0n) is 6.57. The second-order valence-electron chi connectivity index (χ2n) is 2.19. The highest BCUT2D eigenvalue weighted by Crippen LogP contribution is 2.10. The van der Waals surface area contributed by atoms with Crippen LogP contribution in [0.5, 0.6) is 5.75 Å². The van der Waals surface area contributed by atoms with Crippen molar-refractivity contribution in [3.63, 3.8) is 0 Å². The van der Waals surface area contributed by atoms with Gasteiger partial charge in [-0.25, -0.2) is 5.26 Å². The van der Waals surface area contributed by atoms with Crippen molar-refractivity contribution in [2.45, 2.75) is 0 Å². The molecule has 1 rings (SSSR count). The van der Waals surface area contributed by atoms with Gasteiger partial charge in [-0.2, -0.15) is 0 Å². The zero-order valence-corrected chi connectivity index (χ0v) is 6.57. The molecule has 4 nitrogen and oxygen atoms in total. The van der Waals surface area contributed by atoms with Gasteiger partial charge in [0.25, 0.3) is 5.91 Å². The van der Waals surface area contributed by atoms with Crippen LogP contribution in [0.4, 0.5) is 0 Å². The smallest absolute Gasteiger partial charge is 0.251 e. The molecule has 0 saturated heterocycles. The summed E-state index contributed by atoms with van der Waals surface area (Å²) in [6, 6.07) is 6.13. The van der Waals surface area contributed by atoms with Crippen LogP contribution in [0, 0.1) is 0 Å². The summed E-state index contributed by atoms with van der Waals surface area (Å²) >= 11 is 0. The summed E-state index contributed by atoms with van der Waals surface area (Å²) in [5.74, 6) is 0.141. The number of benzene rings is 1. The van der Waals surface area contributed by atoms with E-state index in [2.05, 4.69) is 10.2 Å². The third-order valence-corrected chi connectivity index (χ3v) is 1.45. The van der Waals surface area contributed by atoms with E-state index < -0.39 is 0 Å². The molecule has 2 N–H and O–H groups in total. The number of hydrogen-bond acceptors (Lipinski definition) is 3. The monoisotopic (exact) mass is 167 g/mol. The fourth-order valence-corrected chi connectivity index (χ4v) is 0.812. The summed E-state index contributed by atoms with van der Waals surface area (Å²) in [5, 5.41) is 10.7. The summed E-state index contributed by atoms with van der Waals surface area (Å²) in [7, 11) is 1.55. The second kappa shape index (κ2) is 3.73. The normalized spacial score (nSPS) is 9.17. The zero-order chi connectivity index (χ0) is 8.97. The van der Waals surface area contributed by atoms with E-state index in [-0.39, 0.29) is 5.91 Å². The van der Waals surface area contributed by atoms with Crippen LogP contribution in [-0.4, -0.2) is 18.2 Å². The lowest BCUT2D eigenvalue weighted by Gasteiger charge is -1.99. The van der Waals surface area contributed by atoms with E-state index in [1.807, 2.05) is 0 Å². The van der Waals surface area contributed by atoms with E-state index in [1.165, 1.54) is 12.1 Å². The molecule has 0 bridgehead atoms. The molecule has 0 aliphatic carbocycles. The summed E-state index contributed by atoms with van der Waals surface area (Å²) in [6.45, 7) is 0. The van der Waals surface area contributed by atoms with E-state index in [1.54, 1.807) is 19.2 Å². The first-order valence-electron chi connectivity index (χ1n) is 3.41. The molecule has 1 aromatic carbocycles. The molecule has 1 amide bonds. The van der Waals surface area contributed by atoms with Crippen LogP contribution in [0.25, 0.3) is 0 Å². The van der Waals surface area contributed by atoms with Crippen molar-refractivity contribution < 1.29 is 14.9 Å². The van der Waals surface area contributed by atoms with E-state index in [0.29, 0.717) is 11.3 Å². The molecule has 64 valence electrons. The fourth-order valence-electron chi connectivity index (χ4n) is 0.812. The van der Waals surface area contributed by atoms with E-state index in [4.69, 9.17) is 5.26 Å². The standard InChI is InChI=1S/C8H9NO3/c1-9-8(10)6-2-4-7(12-11)5-3-6/h2-5,11H,1H3,(H,9,10). The molecular formula is C8H9NO3. The quantitative estimate of drug-likeness (QED) is 0.508. The van der Waals surface area contributed by atoms with Crippen LogP contribution in [0.1, 0.15) is 10.4 Å². The Labute approximate surface area is 69.7 Å². The van der Waals surface area contributed by atoms with E-state index in [0.717, 1.165) is 0 Å². The van der Waals surface area contributed by atoms with Crippen LogP contribution in [0.15, 0.2) is 24.3 Å². The summed E-state index contributed by atoms with van der Waals surface area (Å²) < 4.78 is 0. The minimum absolute atomic E-state index is 0.167. The lowest BCUT2D eigenvalue weighted by molar-refractivity contribution is -0.137. The van der Waals surface area contributed by atoms with Gasteiger partial charge in [-0.3, -0.25) is 4.79 Å². The van der Waals surface area contributed by atoms with Gasteiger partial charge in [-0.1, -0.05) is 0 Å². The van der Waals surface area contributed by atoms with Crippen LogP contribution < -0.4 is 10.2 Å². The molecule has 0 spiro atoms. The van der Waals surface area contributed by atoms with Gasteiger partial charge in [0.05, 0.1) is 0 Å². The number of hydrogen-bond donors (Lipinski definition) is 2. The van der Waals surface area contributed by atoms with Crippen molar-refractivity contribution in [3.8, 4) is 5.75 Å². The van der Waals surface area contributed by atoms with Crippen molar-refractivity contribution in [2.75, 3.05) is 7.05 Å². The Morgan fingerprint density at radius 2 is 2.00 bits per heavy atom. The van der Waals surface area contributed by atoms with Gasteiger partial charge in [0, 0.05) is 12.6 Å². The largest absolute Gasteiger partial charge is 0.355 e. The maximum atomic E-state index is 11.0.